The summed E-state index contributed by atoms with van der Waals surface area (Å²) in [6.07, 6.45) is 2.94. The molecule has 3 rings (SSSR count). The molecule has 1 saturated heterocycles. The van der Waals surface area contributed by atoms with Gasteiger partial charge >= 0.3 is 0 Å². The Morgan fingerprint density at radius 3 is 2.73 bits per heavy atom. The molecular formula is C25H30N6OS. The van der Waals surface area contributed by atoms with E-state index in [0.717, 1.165) is 25.2 Å². The second kappa shape index (κ2) is 11.2. The molecule has 1 aromatic heterocycles. The van der Waals surface area contributed by atoms with Gasteiger partial charge in [-0.05, 0) is 43.9 Å². The highest BCUT2D eigenvalue weighted by atomic mass is 32.2. The highest BCUT2D eigenvalue weighted by Crippen LogP contribution is 2.42. The van der Waals surface area contributed by atoms with Crippen LogP contribution in [0.25, 0.3) is 4.85 Å². The Morgan fingerprint density at radius 1 is 1.45 bits per heavy atom. The summed E-state index contributed by atoms with van der Waals surface area (Å²) in [5, 5.41) is 9.69. The number of nitriles is 1. The smallest absolute Gasteiger partial charge is 0.235 e. The molecule has 2 atom stereocenters. The third-order valence-electron chi connectivity index (χ3n) is 6.16. The summed E-state index contributed by atoms with van der Waals surface area (Å²) >= 11 is 1.18. The lowest BCUT2D eigenvalue weighted by Gasteiger charge is -2.27. The van der Waals surface area contributed by atoms with Crippen LogP contribution in [0, 0.1) is 17.9 Å². The Hall–Kier alpha value is -3.07. The average Bonchev–Trinajstić information content (AvgIpc) is 3.24. The van der Waals surface area contributed by atoms with Crippen molar-refractivity contribution in [2.45, 2.75) is 49.4 Å². The summed E-state index contributed by atoms with van der Waals surface area (Å²) in [5.74, 6) is 0.0496. The Morgan fingerprint density at radius 2 is 2.18 bits per heavy atom. The normalized spacial score (nSPS) is 16.7. The van der Waals surface area contributed by atoms with Crippen LogP contribution in [-0.4, -0.2) is 48.5 Å². The van der Waals surface area contributed by atoms with Gasteiger partial charge in [0.25, 0.3) is 0 Å². The molecule has 1 amide bonds. The fourth-order valence-corrected chi connectivity index (χ4v) is 5.31. The van der Waals surface area contributed by atoms with Crippen LogP contribution in [0.4, 0.5) is 11.5 Å². The number of anilines is 1. The van der Waals surface area contributed by atoms with Gasteiger partial charge in [-0.2, -0.15) is 5.26 Å². The van der Waals surface area contributed by atoms with E-state index >= 15 is 0 Å². The van der Waals surface area contributed by atoms with Crippen LogP contribution in [0.1, 0.15) is 48.6 Å². The number of pyridine rings is 1. The SMILES string of the molecule is [C-]#[N+]c1c(N(C)CCN2CCC[C@@H]2C)nc(SC(C(N)=O)c2ccccc2)c(C#N)c1CC. The zero-order chi connectivity index (χ0) is 24.0. The highest BCUT2D eigenvalue weighted by molar-refractivity contribution is 8.00. The lowest BCUT2D eigenvalue weighted by molar-refractivity contribution is -0.117. The van der Waals surface area contributed by atoms with Crippen molar-refractivity contribution >= 4 is 29.2 Å². The van der Waals surface area contributed by atoms with Crippen molar-refractivity contribution in [2.75, 3.05) is 31.6 Å². The molecule has 7 nitrogen and oxygen atoms in total. The third kappa shape index (κ3) is 5.47. The number of amides is 1. The molecule has 8 heteroatoms. The molecule has 33 heavy (non-hydrogen) atoms. The summed E-state index contributed by atoms with van der Waals surface area (Å²) < 4.78 is 0. The molecular weight excluding hydrogens is 432 g/mol. The molecule has 1 aliphatic heterocycles. The van der Waals surface area contributed by atoms with Crippen LogP contribution < -0.4 is 10.6 Å². The largest absolute Gasteiger partial charge is 0.368 e. The quantitative estimate of drug-likeness (QED) is 0.441. The summed E-state index contributed by atoms with van der Waals surface area (Å²) in [4.78, 5) is 25.3. The summed E-state index contributed by atoms with van der Waals surface area (Å²) in [6.45, 7) is 14.7. The maximum absolute atomic E-state index is 12.3. The molecule has 172 valence electrons. The summed E-state index contributed by atoms with van der Waals surface area (Å²) in [6, 6.07) is 12.0. The molecule has 0 spiro atoms. The van der Waals surface area contributed by atoms with Gasteiger partial charge in [-0.1, -0.05) is 49.0 Å². The molecule has 0 saturated carbocycles. The number of likely N-dealkylation sites (tertiary alicyclic amines) is 1. The molecule has 2 heterocycles. The number of primary amides is 1. The van der Waals surface area contributed by atoms with Crippen molar-refractivity contribution < 1.29 is 4.79 Å². The van der Waals surface area contributed by atoms with Gasteiger partial charge in [0.1, 0.15) is 22.2 Å². The zero-order valence-corrected chi connectivity index (χ0v) is 20.2. The van der Waals surface area contributed by atoms with E-state index in [0.29, 0.717) is 40.1 Å². The second-order valence-corrected chi connectivity index (χ2v) is 9.37. The molecule has 1 unspecified atom stereocenters. The summed E-state index contributed by atoms with van der Waals surface area (Å²) in [5.41, 5.74) is 7.90. The molecule has 1 aliphatic rings. The van der Waals surface area contributed by atoms with Crippen LogP contribution in [0.2, 0.25) is 0 Å². The van der Waals surface area contributed by atoms with Gasteiger partial charge < -0.3 is 10.6 Å². The molecule has 2 aromatic rings. The van der Waals surface area contributed by atoms with Gasteiger partial charge in [0.15, 0.2) is 0 Å². The number of nitrogens with two attached hydrogens (primary N) is 1. The average molecular weight is 463 g/mol. The Labute approximate surface area is 200 Å². The maximum atomic E-state index is 12.3. The van der Waals surface area contributed by atoms with E-state index in [1.54, 1.807) is 0 Å². The number of likely N-dealkylation sites (N-methyl/N-ethyl adjacent to an activating group) is 1. The fourth-order valence-electron chi connectivity index (χ4n) is 4.26. The van der Waals surface area contributed by atoms with Crippen molar-refractivity contribution in [1.82, 2.24) is 9.88 Å². The molecule has 2 N–H and O–H groups in total. The number of carbonyl (C=O) groups excluding carboxylic acids is 1. The minimum Gasteiger partial charge on any atom is -0.368 e. The van der Waals surface area contributed by atoms with Gasteiger partial charge in [0.2, 0.25) is 11.6 Å². The van der Waals surface area contributed by atoms with E-state index < -0.39 is 11.2 Å². The number of nitrogens with zero attached hydrogens (tertiary/aromatic N) is 5. The van der Waals surface area contributed by atoms with Crippen LogP contribution >= 0.6 is 11.8 Å². The first kappa shape index (κ1) is 24.6. The minimum absolute atomic E-state index is 0.348. The number of hydrogen-bond donors (Lipinski definition) is 1. The van der Waals surface area contributed by atoms with Gasteiger partial charge in [0, 0.05) is 26.2 Å². The van der Waals surface area contributed by atoms with Gasteiger partial charge in [-0.3, -0.25) is 9.69 Å². The van der Waals surface area contributed by atoms with E-state index in [4.69, 9.17) is 17.3 Å². The van der Waals surface area contributed by atoms with Crippen molar-refractivity contribution in [3.05, 3.63) is 58.4 Å². The monoisotopic (exact) mass is 462 g/mol. The van der Waals surface area contributed by atoms with Crippen LogP contribution in [0.5, 0.6) is 0 Å². The third-order valence-corrected chi connectivity index (χ3v) is 7.42. The minimum atomic E-state index is -0.682. The number of aromatic nitrogens is 1. The number of hydrogen-bond acceptors (Lipinski definition) is 6. The van der Waals surface area contributed by atoms with Crippen molar-refractivity contribution in [1.29, 1.82) is 5.26 Å². The highest BCUT2D eigenvalue weighted by Gasteiger charge is 2.27. The Bertz CT molecular complexity index is 1080. The van der Waals surface area contributed by atoms with Gasteiger partial charge in [-0.15, -0.1) is 0 Å². The van der Waals surface area contributed by atoms with Crippen molar-refractivity contribution in [3.63, 3.8) is 0 Å². The standard InChI is InChI=1S/C25H30N6OS/c1-5-19-20(16-26)25(33-22(23(27)32)18-11-7-6-8-12-18)29-24(21(19)28-3)30(4)14-15-31-13-9-10-17(31)2/h6-8,11-12,17,22H,5,9-10,13-15H2,1-2,4H3,(H2,27,32)/t17-,22?/m0/s1. The number of rotatable bonds is 9. The van der Waals surface area contributed by atoms with E-state index in [1.165, 1.54) is 24.6 Å². The number of thioether (sulfide) groups is 1. The lowest BCUT2D eigenvalue weighted by Crippen LogP contribution is -2.35. The molecule has 0 radical (unpaired) electrons. The molecule has 0 aliphatic carbocycles. The predicted molar refractivity (Wildman–Crippen MR) is 132 cm³/mol. The van der Waals surface area contributed by atoms with Crippen LogP contribution in [0.3, 0.4) is 0 Å². The molecule has 1 fully saturated rings. The van der Waals surface area contributed by atoms with Crippen LogP contribution in [0.15, 0.2) is 35.4 Å². The number of carbonyl (C=O) groups is 1. The van der Waals surface area contributed by atoms with E-state index in [-0.39, 0.29) is 0 Å². The van der Waals surface area contributed by atoms with Crippen molar-refractivity contribution in [3.8, 4) is 6.07 Å². The molecule has 1 aromatic carbocycles. The first-order valence-corrected chi connectivity index (χ1v) is 12.1. The number of benzene rings is 1. The fraction of sp³-hybridized carbons (Fsp3) is 0.440. The zero-order valence-electron chi connectivity index (χ0n) is 19.4. The topological polar surface area (TPSA) is 90.6 Å². The summed E-state index contributed by atoms with van der Waals surface area (Å²) in [7, 11) is 1.93. The van der Waals surface area contributed by atoms with Gasteiger partial charge in [0.05, 0.1) is 12.1 Å². The van der Waals surface area contributed by atoms with Gasteiger partial charge in [-0.25, -0.2) is 9.83 Å². The Kier molecular flexibility index (Phi) is 8.32. The van der Waals surface area contributed by atoms with E-state index in [1.807, 2.05) is 49.2 Å². The maximum Gasteiger partial charge on any atom is 0.235 e. The van der Waals surface area contributed by atoms with E-state index in [2.05, 4.69) is 22.7 Å². The van der Waals surface area contributed by atoms with E-state index in [9.17, 15) is 10.1 Å². The first-order chi connectivity index (χ1) is 15.9. The van der Waals surface area contributed by atoms with Crippen molar-refractivity contribution in [2.24, 2.45) is 5.73 Å². The molecule has 0 bridgehead atoms. The lowest BCUT2D eigenvalue weighted by atomic mass is 10.1. The Balaban J connectivity index is 2.00. The van der Waals surface area contributed by atoms with Crippen LogP contribution in [-0.2, 0) is 11.2 Å². The first-order valence-electron chi connectivity index (χ1n) is 11.2. The predicted octanol–water partition coefficient (Wildman–Crippen LogP) is 4.31. The second-order valence-electron chi connectivity index (χ2n) is 8.28.